The number of anilines is 1. The Bertz CT molecular complexity index is 747. The van der Waals surface area contributed by atoms with Crippen molar-refractivity contribution in [1.29, 1.82) is 0 Å². The maximum absolute atomic E-state index is 12.7. The van der Waals surface area contributed by atoms with Crippen molar-refractivity contribution in [2.24, 2.45) is 11.8 Å². The van der Waals surface area contributed by atoms with Crippen molar-refractivity contribution in [1.82, 2.24) is 4.90 Å². The lowest BCUT2D eigenvalue weighted by molar-refractivity contribution is -0.140. The lowest BCUT2D eigenvalue weighted by Gasteiger charge is -2.15. The number of allylic oxidation sites excluding steroid dienone is 2. The number of carbonyl (C=O) groups excluding carboxylic acids is 3. The van der Waals surface area contributed by atoms with E-state index in [0.29, 0.717) is 12.8 Å². The van der Waals surface area contributed by atoms with E-state index in [9.17, 15) is 27.6 Å². The molecule has 1 N–H and O–H groups in total. The highest BCUT2D eigenvalue weighted by molar-refractivity contribution is 6.05. The third kappa shape index (κ3) is 3.63. The summed E-state index contributed by atoms with van der Waals surface area (Å²) in [6, 6.07) is 4.29. The lowest BCUT2D eigenvalue weighted by atomic mass is 9.85. The highest BCUT2D eigenvalue weighted by Crippen LogP contribution is 2.35. The predicted octanol–water partition coefficient (Wildman–Crippen LogP) is 2.99. The molecule has 1 aliphatic heterocycles. The standard InChI is InChI=1S/C18H17F3N2O3/c19-18(20,21)11-4-3-5-12(10-11)22-15(24)8-9-23-16(25)13-6-1-2-7-14(13)17(23)26/h1-5,10,13-14H,6-9H2,(H,22,24)/t13-,14+. The van der Waals surface area contributed by atoms with Crippen LogP contribution in [-0.4, -0.2) is 29.2 Å². The Hall–Kier alpha value is -2.64. The minimum atomic E-state index is -4.50. The van der Waals surface area contributed by atoms with Crippen molar-refractivity contribution in [2.45, 2.75) is 25.4 Å². The topological polar surface area (TPSA) is 66.5 Å². The Kier molecular flexibility index (Phi) is 4.84. The number of nitrogens with one attached hydrogen (secondary N) is 1. The van der Waals surface area contributed by atoms with Gasteiger partial charge in [-0.05, 0) is 31.0 Å². The number of nitrogens with zero attached hydrogens (tertiary/aromatic N) is 1. The molecular formula is C18H17F3N2O3. The van der Waals surface area contributed by atoms with Gasteiger partial charge in [0.05, 0.1) is 17.4 Å². The minimum absolute atomic E-state index is 0.0155. The summed E-state index contributed by atoms with van der Waals surface area (Å²) in [7, 11) is 0. The van der Waals surface area contributed by atoms with Crippen molar-refractivity contribution >= 4 is 23.4 Å². The van der Waals surface area contributed by atoms with E-state index in [4.69, 9.17) is 0 Å². The largest absolute Gasteiger partial charge is 0.416 e. The fourth-order valence-corrected chi connectivity index (χ4v) is 3.30. The van der Waals surface area contributed by atoms with Crippen LogP contribution in [0.25, 0.3) is 0 Å². The van der Waals surface area contributed by atoms with Crippen LogP contribution in [-0.2, 0) is 20.6 Å². The van der Waals surface area contributed by atoms with Gasteiger partial charge in [0.1, 0.15) is 0 Å². The Morgan fingerprint density at radius 2 is 1.73 bits per heavy atom. The highest BCUT2D eigenvalue weighted by Gasteiger charge is 2.46. The second kappa shape index (κ2) is 6.93. The normalized spacial score (nSPS) is 22.5. The van der Waals surface area contributed by atoms with Crippen LogP contribution in [0, 0.1) is 11.8 Å². The van der Waals surface area contributed by atoms with E-state index < -0.39 is 17.6 Å². The first-order chi connectivity index (χ1) is 12.3. The first-order valence-corrected chi connectivity index (χ1v) is 8.24. The summed E-state index contributed by atoms with van der Waals surface area (Å²) in [6.07, 6.45) is 0.108. The molecule has 1 heterocycles. The second-order valence-electron chi connectivity index (χ2n) is 6.36. The van der Waals surface area contributed by atoms with Gasteiger partial charge in [-0.3, -0.25) is 19.3 Å². The molecule has 5 nitrogen and oxygen atoms in total. The number of amides is 3. The van der Waals surface area contributed by atoms with Crippen molar-refractivity contribution < 1.29 is 27.6 Å². The number of benzene rings is 1. The number of alkyl halides is 3. The van der Waals surface area contributed by atoms with Crippen LogP contribution in [0.1, 0.15) is 24.8 Å². The minimum Gasteiger partial charge on any atom is -0.326 e. The summed E-state index contributed by atoms with van der Waals surface area (Å²) < 4.78 is 38.1. The van der Waals surface area contributed by atoms with Gasteiger partial charge in [-0.2, -0.15) is 13.2 Å². The van der Waals surface area contributed by atoms with Crippen LogP contribution in [0.2, 0.25) is 0 Å². The number of halogens is 3. The Labute approximate surface area is 147 Å². The van der Waals surface area contributed by atoms with Gasteiger partial charge >= 0.3 is 6.18 Å². The SMILES string of the molecule is O=C(CCN1C(=O)[C@H]2CC=CC[C@H]2C1=O)Nc1cccc(C(F)(F)F)c1. The number of likely N-dealkylation sites (tertiary alicyclic amines) is 1. The number of rotatable bonds is 4. The molecule has 0 aromatic heterocycles. The molecule has 1 aliphatic carbocycles. The zero-order valence-electron chi connectivity index (χ0n) is 13.8. The van der Waals surface area contributed by atoms with Gasteiger partial charge in [-0.15, -0.1) is 0 Å². The molecule has 3 rings (SSSR count). The number of imide groups is 1. The van der Waals surface area contributed by atoms with Gasteiger partial charge in [0.2, 0.25) is 17.7 Å². The molecule has 138 valence electrons. The molecule has 0 spiro atoms. The van der Waals surface area contributed by atoms with Gasteiger partial charge in [-0.1, -0.05) is 18.2 Å². The summed E-state index contributed by atoms with van der Waals surface area (Å²) in [6.45, 7) is -0.0739. The van der Waals surface area contributed by atoms with Crippen molar-refractivity contribution in [3.8, 4) is 0 Å². The smallest absolute Gasteiger partial charge is 0.326 e. The monoisotopic (exact) mass is 366 g/mol. The molecule has 0 unspecified atom stereocenters. The predicted molar refractivity (Wildman–Crippen MR) is 86.8 cm³/mol. The van der Waals surface area contributed by atoms with Crippen LogP contribution in [0.5, 0.6) is 0 Å². The third-order valence-electron chi connectivity index (χ3n) is 4.63. The molecule has 1 fully saturated rings. The average Bonchev–Trinajstić information content (AvgIpc) is 2.84. The van der Waals surface area contributed by atoms with Gasteiger partial charge in [-0.25, -0.2) is 0 Å². The van der Waals surface area contributed by atoms with Gasteiger partial charge in [0, 0.05) is 18.7 Å². The second-order valence-corrected chi connectivity index (χ2v) is 6.36. The molecule has 8 heteroatoms. The number of hydrogen-bond acceptors (Lipinski definition) is 3. The molecule has 0 radical (unpaired) electrons. The molecule has 0 saturated carbocycles. The van der Waals surface area contributed by atoms with E-state index in [1.54, 1.807) is 0 Å². The molecule has 0 bridgehead atoms. The third-order valence-corrected chi connectivity index (χ3v) is 4.63. The molecule has 1 saturated heterocycles. The van der Waals surface area contributed by atoms with Gasteiger partial charge in [0.25, 0.3) is 0 Å². The molecule has 1 aromatic rings. The van der Waals surface area contributed by atoms with Crippen molar-refractivity contribution in [3.05, 3.63) is 42.0 Å². The number of fused-ring (bicyclic) bond motifs is 1. The van der Waals surface area contributed by atoms with Crippen LogP contribution in [0.3, 0.4) is 0 Å². The summed E-state index contributed by atoms with van der Waals surface area (Å²) >= 11 is 0. The van der Waals surface area contributed by atoms with E-state index in [1.807, 2.05) is 12.2 Å². The zero-order chi connectivity index (χ0) is 18.9. The van der Waals surface area contributed by atoms with E-state index in [0.717, 1.165) is 17.0 Å². The average molecular weight is 366 g/mol. The highest BCUT2D eigenvalue weighted by atomic mass is 19.4. The van der Waals surface area contributed by atoms with Crippen LogP contribution in [0.4, 0.5) is 18.9 Å². The molecular weight excluding hydrogens is 349 g/mol. The maximum atomic E-state index is 12.7. The molecule has 2 atom stereocenters. The molecule has 2 aliphatic rings. The Morgan fingerprint density at radius 1 is 1.12 bits per heavy atom. The van der Waals surface area contributed by atoms with E-state index in [-0.39, 0.29) is 42.3 Å². The first kappa shape index (κ1) is 18.2. The fraction of sp³-hybridized carbons (Fsp3) is 0.389. The van der Waals surface area contributed by atoms with E-state index in [1.165, 1.54) is 12.1 Å². The maximum Gasteiger partial charge on any atom is 0.416 e. The Morgan fingerprint density at radius 3 is 2.31 bits per heavy atom. The van der Waals surface area contributed by atoms with Crippen molar-refractivity contribution in [3.63, 3.8) is 0 Å². The number of hydrogen-bond donors (Lipinski definition) is 1. The summed E-state index contributed by atoms with van der Waals surface area (Å²) in [5.74, 6) is -1.84. The van der Waals surface area contributed by atoms with E-state index >= 15 is 0 Å². The molecule has 1 aromatic carbocycles. The van der Waals surface area contributed by atoms with Gasteiger partial charge in [0.15, 0.2) is 0 Å². The molecule has 26 heavy (non-hydrogen) atoms. The van der Waals surface area contributed by atoms with Gasteiger partial charge < -0.3 is 5.32 Å². The molecule has 3 amide bonds. The van der Waals surface area contributed by atoms with Crippen LogP contribution >= 0.6 is 0 Å². The van der Waals surface area contributed by atoms with E-state index in [2.05, 4.69) is 5.32 Å². The fourth-order valence-electron chi connectivity index (χ4n) is 3.30. The first-order valence-electron chi connectivity index (χ1n) is 8.24. The van der Waals surface area contributed by atoms with Crippen LogP contribution < -0.4 is 5.32 Å². The summed E-state index contributed by atoms with van der Waals surface area (Å²) in [5, 5.41) is 2.37. The van der Waals surface area contributed by atoms with Crippen LogP contribution in [0.15, 0.2) is 36.4 Å². The number of carbonyl (C=O) groups is 3. The zero-order valence-corrected chi connectivity index (χ0v) is 13.8. The lowest BCUT2D eigenvalue weighted by Crippen LogP contribution is -2.34. The summed E-state index contributed by atoms with van der Waals surface area (Å²) in [4.78, 5) is 37.7. The quantitative estimate of drug-likeness (QED) is 0.658. The Balaban J connectivity index is 1.58. The summed E-state index contributed by atoms with van der Waals surface area (Å²) in [5.41, 5.74) is -0.849. The van der Waals surface area contributed by atoms with Crippen molar-refractivity contribution in [2.75, 3.05) is 11.9 Å².